The first kappa shape index (κ1) is 12.5. The van der Waals surface area contributed by atoms with Crippen LogP contribution < -0.4 is 5.32 Å². The molecule has 0 fully saturated rings. The lowest BCUT2D eigenvalue weighted by Crippen LogP contribution is -2.26. The first-order chi connectivity index (χ1) is 7.58. The van der Waals surface area contributed by atoms with Gasteiger partial charge in [0.25, 0.3) is 0 Å². The summed E-state index contributed by atoms with van der Waals surface area (Å²) in [5.41, 5.74) is 0.982. The number of amides is 1. The van der Waals surface area contributed by atoms with E-state index in [-0.39, 0.29) is 11.7 Å². The van der Waals surface area contributed by atoms with Crippen LogP contribution in [0.3, 0.4) is 0 Å². The molecule has 0 aliphatic rings. The summed E-state index contributed by atoms with van der Waals surface area (Å²) in [5, 5.41) is 11.9. The molecule has 4 nitrogen and oxygen atoms in total. The number of nitrogens with zero attached hydrogens (tertiary/aromatic N) is 1. The molecule has 0 heterocycles. The van der Waals surface area contributed by atoms with E-state index in [0.29, 0.717) is 13.0 Å². The van der Waals surface area contributed by atoms with E-state index < -0.39 is 0 Å². The van der Waals surface area contributed by atoms with E-state index in [1.54, 1.807) is 24.3 Å². The Bertz CT molecular complexity index is 333. The molecule has 1 amide bonds. The van der Waals surface area contributed by atoms with Crippen molar-refractivity contribution in [3.63, 3.8) is 0 Å². The maximum absolute atomic E-state index is 11.4. The van der Waals surface area contributed by atoms with E-state index in [1.807, 2.05) is 19.0 Å². The summed E-state index contributed by atoms with van der Waals surface area (Å²) in [5.74, 6) is 0.282. The van der Waals surface area contributed by atoms with E-state index in [9.17, 15) is 4.79 Å². The van der Waals surface area contributed by atoms with Gasteiger partial charge in [0.15, 0.2) is 0 Å². The van der Waals surface area contributed by atoms with Gasteiger partial charge in [-0.05, 0) is 31.8 Å². The number of rotatable bonds is 5. The topological polar surface area (TPSA) is 52.6 Å². The third-order valence-corrected chi connectivity index (χ3v) is 2.21. The molecule has 1 aromatic rings. The fourth-order valence-corrected chi connectivity index (χ4v) is 1.23. The van der Waals surface area contributed by atoms with Gasteiger partial charge in [-0.1, -0.05) is 12.1 Å². The zero-order chi connectivity index (χ0) is 12.0. The highest BCUT2D eigenvalue weighted by atomic mass is 16.3. The minimum atomic E-state index is 0.0433. The van der Waals surface area contributed by atoms with Crippen molar-refractivity contribution in [2.45, 2.75) is 13.0 Å². The van der Waals surface area contributed by atoms with Gasteiger partial charge < -0.3 is 15.3 Å². The standard InChI is InChI=1S/C12H18N2O2/c1-14(2)8-7-12(16)13-9-10-3-5-11(15)6-4-10/h3-6,15H,7-9H2,1-2H3,(H,13,16). The predicted octanol–water partition coefficient (Wildman–Crippen LogP) is 0.960. The maximum atomic E-state index is 11.4. The minimum Gasteiger partial charge on any atom is -0.508 e. The summed E-state index contributed by atoms with van der Waals surface area (Å²) in [6.45, 7) is 1.26. The molecule has 0 spiro atoms. The maximum Gasteiger partial charge on any atom is 0.221 e. The Morgan fingerprint density at radius 1 is 1.31 bits per heavy atom. The molecule has 1 rings (SSSR count). The highest BCUT2D eigenvalue weighted by Gasteiger charge is 2.01. The van der Waals surface area contributed by atoms with Gasteiger partial charge in [0.2, 0.25) is 5.91 Å². The molecule has 1 aromatic carbocycles. The van der Waals surface area contributed by atoms with Crippen LogP contribution in [0.4, 0.5) is 0 Å². The summed E-state index contributed by atoms with van der Waals surface area (Å²) in [4.78, 5) is 13.4. The van der Waals surface area contributed by atoms with Gasteiger partial charge in [-0.3, -0.25) is 4.79 Å². The summed E-state index contributed by atoms with van der Waals surface area (Å²) in [7, 11) is 3.88. The third-order valence-electron chi connectivity index (χ3n) is 2.21. The molecule has 0 saturated carbocycles. The smallest absolute Gasteiger partial charge is 0.221 e. The SMILES string of the molecule is CN(C)CCC(=O)NCc1ccc(O)cc1. The zero-order valence-corrected chi connectivity index (χ0v) is 9.73. The fourth-order valence-electron chi connectivity index (χ4n) is 1.23. The first-order valence-corrected chi connectivity index (χ1v) is 5.27. The first-order valence-electron chi connectivity index (χ1n) is 5.27. The van der Waals surface area contributed by atoms with Crippen molar-refractivity contribution in [1.29, 1.82) is 0 Å². The number of benzene rings is 1. The Hall–Kier alpha value is -1.55. The number of carbonyl (C=O) groups is 1. The van der Waals surface area contributed by atoms with Crippen molar-refractivity contribution < 1.29 is 9.90 Å². The van der Waals surface area contributed by atoms with Gasteiger partial charge in [0, 0.05) is 19.5 Å². The van der Waals surface area contributed by atoms with Crippen molar-refractivity contribution >= 4 is 5.91 Å². The van der Waals surface area contributed by atoms with Crippen molar-refractivity contribution in [1.82, 2.24) is 10.2 Å². The van der Waals surface area contributed by atoms with Crippen LogP contribution in [0.2, 0.25) is 0 Å². The van der Waals surface area contributed by atoms with E-state index in [0.717, 1.165) is 12.1 Å². The second-order valence-corrected chi connectivity index (χ2v) is 4.00. The molecular weight excluding hydrogens is 204 g/mol. The lowest BCUT2D eigenvalue weighted by Gasteiger charge is -2.09. The molecule has 0 aliphatic carbocycles. The molecule has 0 atom stereocenters. The number of phenolic OH excluding ortho intramolecular Hbond substituents is 1. The Morgan fingerprint density at radius 2 is 1.94 bits per heavy atom. The molecule has 0 radical (unpaired) electrons. The summed E-state index contributed by atoms with van der Waals surface area (Å²) in [6.07, 6.45) is 0.505. The lowest BCUT2D eigenvalue weighted by atomic mass is 10.2. The molecule has 0 bridgehead atoms. The normalized spacial score (nSPS) is 10.4. The average molecular weight is 222 g/mol. The second-order valence-electron chi connectivity index (χ2n) is 4.00. The Labute approximate surface area is 95.9 Å². The van der Waals surface area contributed by atoms with Crippen LogP contribution in [0.5, 0.6) is 5.75 Å². The second kappa shape index (κ2) is 6.12. The van der Waals surface area contributed by atoms with Gasteiger partial charge >= 0.3 is 0 Å². The van der Waals surface area contributed by atoms with E-state index in [2.05, 4.69) is 5.32 Å². The molecule has 2 N–H and O–H groups in total. The Morgan fingerprint density at radius 3 is 2.50 bits per heavy atom. The number of phenols is 1. The number of aromatic hydroxyl groups is 1. The molecule has 0 aromatic heterocycles. The van der Waals surface area contributed by atoms with Crippen LogP contribution in [0, 0.1) is 0 Å². The summed E-state index contributed by atoms with van der Waals surface area (Å²) >= 11 is 0. The van der Waals surface area contributed by atoms with Crippen LogP contribution in [-0.2, 0) is 11.3 Å². The van der Waals surface area contributed by atoms with Crippen LogP contribution in [0.25, 0.3) is 0 Å². The molecule has 0 saturated heterocycles. The zero-order valence-electron chi connectivity index (χ0n) is 9.73. The molecule has 16 heavy (non-hydrogen) atoms. The minimum absolute atomic E-state index is 0.0433. The van der Waals surface area contributed by atoms with Crippen LogP contribution in [0.1, 0.15) is 12.0 Å². The highest BCUT2D eigenvalue weighted by molar-refractivity contribution is 5.76. The van der Waals surface area contributed by atoms with E-state index in [1.165, 1.54) is 0 Å². The van der Waals surface area contributed by atoms with Crippen molar-refractivity contribution in [2.24, 2.45) is 0 Å². The fraction of sp³-hybridized carbons (Fsp3) is 0.417. The molecular formula is C12H18N2O2. The number of nitrogens with one attached hydrogen (secondary N) is 1. The number of hydrogen-bond donors (Lipinski definition) is 2. The number of carbonyl (C=O) groups excluding carboxylic acids is 1. The largest absolute Gasteiger partial charge is 0.508 e. The monoisotopic (exact) mass is 222 g/mol. The van der Waals surface area contributed by atoms with Gasteiger partial charge in [0.05, 0.1) is 0 Å². The highest BCUT2D eigenvalue weighted by Crippen LogP contribution is 2.09. The average Bonchev–Trinajstić information content (AvgIpc) is 2.25. The molecule has 0 aliphatic heterocycles. The third kappa shape index (κ3) is 4.79. The lowest BCUT2D eigenvalue weighted by molar-refractivity contribution is -0.121. The molecule has 0 unspecified atom stereocenters. The van der Waals surface area contributed by atoms with Crippen molar-refractivity contribution in [3.8, 4) is 5.75 Å². The van der Waals surface area contributed by atoms with Crippen molar-refractivity contribution in [2.75, 3.05) is 20.6 Å². The van der Waals surface area contributed by atoms with Crippen molar-refractivity contribution in [3.05, 3.63) is 29.8 Å². The number of hydrogen-bond acceptors (Lipinski definition) is 3. The summed E-state index contributed by atoms with van der Waals surface area (Å²) in [6, 6.07) is 6.81. The Kier molecular flexibility index (Phi) is 4.79. The molecule has 4 heteroatoms. The van der Waals surface area contributed by atoms with E-state index in [4.69, 9.17) is 5.11 Å². The summed E-state index contributed by atoms with van der Waals surface area (Å²) < 4.78 is 0. The molecule has 88 valence electrons. The van der Waals surface area contributed by atoms with Crippen LogP contribution >= 0.6 is 0 Å². The van der Waals surface area contributed by atoms with Gasteiger partial charge in [-0.15, -0.1) is 0 Å². The Balaban J connectivity index is 2.29. The van der Waals surface area contributed by atoms with Crippen LogP contribution in [-0.4, -0.2) is 36.6 Å². The van der Waals surface area contributed by atoms with Gasteiger partial charge in [0.1, 0.15) is 5.75 Å². The van der Waals surface area contributed by atoms with E-state index >= 15 is 0 Å². The van der Waals surface area contributed by atoms with Gasteiger partial charge in [-0.25, -0.2) is 0 Å². The van der Waals surface area contributed by atoms with Gasteiger partial charge in [-0.2, -0.15) is 0 Å². The van der Waals surface area contributed by atoms with Crippen LogP contribution in [0.15, 0.2) is 24.3 Å². The predicted molar refractivity (Wildman–Crippen MR) is 63.1 cm³/mol. The quantitative estimate of drug-likeness (QED) is 0.780.